The van der Waals surface area contributed by atoms with Crippen LogP contribution in [0.5, 0.6) is 0 Å². The average Bonchev–Trinajstić information content (AvgIpc) is 3.28. The highest BCUT2D eigenvalue weighted by atomic mass is 16.6. The van der Waals surface area contributed by atoms with E-state index < -0.39 is 29.7 Å². The van der Waals surface area contributed by atoms with E-state index in [0.717, 1.165) is 27.8 Å². The highest BCUT2D eigenvalue weighted by molar-refractivity contribution is 5.86. The third kappa shape index (κ3) is 6.85. The molecule has 0 heterocycles. The van der Waals surface area contributed by atoms with E-state index in [1.165, 1.54) is 0 Å². The Morgan fingerprint density at radius 1 is 0.821 bits per heavy atom. The molecule has 0 aliphatic heterocycles. The number of alkyl carbamates (subject to hydrolysis) is 1. The van der Waals surface area contributed by atoms with Crippen LogP contribution in [0.15, 0.2) is 78.9 Å². The Hall–Kier alpha value is -4.13. The Labute approximate surface area is 229 Å². The molecule has 39 heavy (non-hydrogen) atoms. The Balaban J connectivity index is 1.43. The molecule has 0 saturated carbocycles. The van der Waals surface area contributed by atoms with Crippen molar-refractivity contribution in [3.63, 3.8) is 0 Å². The first-order chi connectivity index (χ1) is 18.8. The smallest absolute Gasteiger partial charge is 0.407 e. The van der Waals surface area contributed by atoms with Crippen LogP contribution >= 0.6 is 0 Å². The molecule has 0 saturated heterocycles. The molecule has 4 rings (SSSR count). The lowest BCUT2D eigenvalue weighted by Crippen LogP contribution is -2.45. The summed E-state index contributed by atoms with van der Waals surface area (Å²) in [6.45, 7) is 5.79. The van der Waals surface area contributed by atoms with E-state index in [0.29, 0.717) is 12.8 Å². The number of carbonyl (C=O) groups is 3. The van der Waals surface area contributed by atoms with Gasteiger partial charge in [0.1, 0.15) is 24.9 Å². The normalized spacial score (nSPS) is 13.1. The summed E-state index contributed by atoms with van der Waals surface area (Å²) in [4.78, 5) is 38.6. The Morgan fingerprint density at radius 2 is 1.38 bits per heavy atom. The third-order valence-electron chi connectivity index (χ3n) is 7.37. The number of ether oxygens (including phenoxy) is 3. The lowest BCUT2D eigenvalue weighted by atomic mass is 9.98. The highest BCUT2D eigenvalue weighted by Crippen LogP contribution is 2.44. The first kappa shape index (κ1) is 27.9. The topological polar surface area (TPSA) is 90.9 Å². The van der Waals surface area contributed by atoms with Gasteiger partial charge in [-0.05, 0) is 47.6 Å². The number of rotatable bonds is 11. The Kier molecular flexibility index (Phi) is 9.02. The minimum absolute atomic E-state index is 0.0131. The first-order valence-corrected chi connectivity index (χ1v) is 13.4. The van der Waals surface area contributed by atoms with Gasteiger partial charge in [-0.3, -0.25) is 4.79 Å². The zero-order chi connectivity index (χ0) is 27.8. The van der Waals surface area contributed by atoms with Crippen molar-refractivity contribution in [3.8, 4) is 11.1 Å². The van der Waals surface area contributed by atoms with Gasteiger partial charge < -0.3 is 19.5 Å². The van der Waals surface area contributed by atoms with Crippen LogP contribution in [0.4, 0.5) is 4.79 Å². The maximum atomic E-state index is 13.0. The van der Waals surface area contributed by atoms with Crippen LogP contribution in [0.3, 0.4) is 0 Å². The number of hydrogen-bond donors (Lipinski definition) is 1. The van der Waals surface area contributed by atoms with Gasteiger partial charge in [0.2, 0.25) is 0 Å². The van der Waals surface area contributed by atoms with Crippen LogP contribution in [-0.2, 0) is 30.4 Å². The minimum atomic E-state index is -1.25. The van der Waals surface area contributed by atoms with Crippen molar-refractivity contribution in [3.05, 3.63) is 95.6 Å². The van der Waals surface area contributed by atoms with E-state index in [-0.39, 0.29) is 25.6 Å². The summed E-state index contributed by atoms with van der Waals surface area (Å²) in [7, 11) is 0. The van der Waals surface area contributed by atoms with Crippen LogP contribution in [0, 0.1) is 0 Å². The lowest BCUT2D eigenvalue weighted by Gasteiger charge is -2.28. The molecule has 0 fully saturated rings. The molecule has 1 amide bonds. The van der Waals surface area contributed by atoms with E-state index >= 15 is 0 Å². The second-order valence-corrected chi connectivity index (χ2v) is 9.95. The van der Waals surface area contributed by atoms with Gasteiger partial charge in [0.15, 0.2) is 0 Å². The fraction of sp³-hybridized carbons (Fsp3) is 0.344. The predicted molar refractivity (Wildman–Crippen MR) is 148 cm³/mol. The van der Waals surface area contributed by atoms with Gasteiger partial charge >= 0.3 is 18.0 Å². The highest BCUT2D eigenvalue weighted by Gasteiger charge is 2.32. The molecule has 1 N–H and O–H groups in total. The number of hydrogen-bond acceptors (Lipinski definition) is 6. The van der Waals surface area contributed by atoms with Gasteiger partial charge in [-0.15, -0.1) is 0 Å². The quantitative estimate of drug-likeness (QED) is 0.237. The van der Waals surface area contributed by atoms with Crippen molar-refractivity contribution in [1.82, 2.24) is 5.32 Å². The number of fused-ring (bicyclic) bond motifs is 3. The molecule has 7 nitrogen and oxygen atoms in total. The zero-order valence-corrected chi connectivity index (χ0v) is 22.6. The molecule has 0 unspecified atom stereocenters. The van der Waals surface area contributed by atoms with Crippen LogP contribution < -0.4 is 5.32 Å². The Morgan fingerprint density at radius 3 is 1.97 bits per heavy atom. The van der Waals surface area contributed by atoms with Crippen LogP contribution in [0.2, 0.25) is 0 Å². The molecule has 1 aliphatic rings. The molecule has 0 spiro atoms. The number of nitrogens with one attached hydrogen (secondary N) is 1. The lowest BCUT2D eigenvalue weighted by molar-refractivity contribution is -0.163. The molecule has 3 aromatic carbocycles. The standard InChI is InChI=1S/C32H35NO6/c1-4-32(3,5-2)39-29(34)19-28(30(35)37-20-22-13-7-6-8-14-22)33-31(36)38-21-27-25-17-11-9-15-23(25)24-16-10-12-18-26(24)27/h6-18,27-28H,4-5,19-21H2,1-3H3,(H,33,36)/t28-/m0/s1. The van der Waals surface area contributed by atoms with Gasteiger partial charge in [0.05, 0.1) is 6.42 Å². The van der Waals surface area contributed by atoms with E-state index in [1.807, 2.05) is 87.5 Å². The van der Waals surface area contributed by atoms with Crippen molar-refractivity contribution >= 4 is 18.0 Å². The summed E-state index contributed by atoms with van der Waals surface area (Å²) in [5, 5.41) is 2.54. The van der Waals surface area contributed by atoms with Crippen molar-refractivity contribution in [1.29, 1.82) is 0 Å². The molecule has 204 valence electrons. The largest absolute Gasteiger partial charge is 0.459 e. The van der Waals surface area contributed by atoms with Crippen molar-refractivity contribution in [2.24, 2.45) is 0 Å². The molecule has 0 bridgehead atoms. The second-order valence-electron chi connectivity index (χ2n) is 9.95. The maximum Gasteiger partial charge on any atom is 0.407 e. The molecule has 0 radical (unpaired) electrons. The molecule has 3 aromatic rings. The molecule has 0 aromatic heterocycles. The fourth-order valence-electron chi connectivity index (χ4n) is 4.68. The average molecular weight is 530 g/mol. The minimum Gasteiger partial charge on any atom is -0.459 e. The molecule has 1 aliphatic carbocycles. The Bertz CT molecular complexity index is 1260. The fourth-order valence-corrected chi connectivity index (χ4v) is 4.68. The molecule has 1 atom stereocenters. The van der Waals surface area contributed by atoms with Crippen molar-refractivity contribution in [2.45, 2.75) is 64.2 Å². The summed E-state index contributed by atoms with van der Waals surface area (Å²) in [6.07, 6.45) is 0.0732. The third-order valence-corrected chi connectivity index (χ3v) is 7.37. The van der Waals surface area contributed by atoms with Gasteiger partial charge in [-0.25, -0.2) is 9.59 Å². The van der Waals surface area contributed by atoms with E-state index in [1.54, 1.807) is 0 Å². The monoisotopic (exact) mass is 529 g/mol. The number of carbonyl (C=O) groups excluding carboxylic acids is 3. The molecule has 7 heteroatoms. The van der Waals surface area contributed by atoms with Gasteiger partial charge in [0.25, 0.3) is 0 Å². The van der Waals surface area contributed by atoms with Crippen LogP contribution in [0.1, 0.15) is 62.6 Å². The number of esters is 2. The second kappa shape index (κ2) is 12.6. The maximum absolute atomic E-state index is 13.0. The molecular formula is C32H35NO6. The zero-order valence-electron chi connectivity index (χ0n) is 22.6. The van der Waals surface area contributed by atoms with Gasteiger partial charge in [-0.2, -0.15) is 0 Å². The number of amides is 1. The van der Waals surface area contributed by atoms with E-state index in [4.69, 9.17) is 14.2 Å². The summed E-state index contributed by atoms with van der Waals surface area (Å²) in [5.41, 5.74) is 4.51. The predicted octanol–water partition coefficient (Wildman–Crippen LogP) is 6.15. The van der Waals surface area contributed by atoms with E-state index in [2.05, 4.69) is 17.4 Å². The van der Waals surface area contributed by atoms with Crippen LogP contribution in [0.25, 0.3) is 11.1 Å². The van der Waals surface area contributed by atoms with Crippen LogP contribution in [-0.4, -0.2) is 36.3 Å². The van der Waals surface area contributed by atoms with E-state index in [9.17, 15) is 14.4 Å². The van der Waals surface area contributed by atoms with Gasteiger partial charge in [-0.1, -0.05) is 92.7 Å². The number of benzene rings is 3. The summed E-state index contributed by atoms with van der Waals surface area (Å²) in [6, 6.07) is 24.0. The molecular weight excluding hydrogens is 494 g/mol. The summed E-state index contributed by atoms with van der Waals surface area (Å²) >= 11 is 0. The van der Waals surface area contributed by atoms with Crippen molar-refractivity contribution < 1.29 is 28.6 Å². The summed E-state index contributed by atoms with van der Waals surface area (Å²) < 4.78 is 16.7. The van der Waals surface area contributed by atoms with Crippen molar-refractivity contribution in [2.75, 3.05) is 6.61 Å². The SMILES string of the molecule is CCC(C)(CC)OC(=O)C[C@H](NC(=O)OCC1c2ccccc2-c2ccccc21)C(=O)OCc1ccccc1. The van der Waals surface area contributed by atoms with Gasteiger partial charge in [0, 0.05) is 5.92 Å². The summed E-state index contributed by atoms with van der Waals surface area (Å²) in [5.74, 6) is -1.47. The first-order valence-electron chi connectivity index (χ1n) is 13.4.